The number of halogens is 2. The Hall–Kier alpha value is -0.160. The van der Waals surface area contributed by atoms with Gasteiger partial charge in [-0.3, -0.25) is 0 Å². The van der Waals surface area contributed by atoms with Crippen molar-refractivity contribution in [2.45, 2.75) is 26.4 Å². The summed E-state index contributed by atoms with van der Waals surface area (Å²) < 4.78 is 2.37. The summed E-state index contributed by atoms with van der Waals surface area (Å²) in [5.74, 6) is 0. The third kappa shape index (κ3) is 3.44. The molecule has 0 saturated heterocycles. The SMILES string of the molecule is Cc1sc(CNC(C)c2ccccc2Br)cc1Br. The molecule has 0 amide bonds. The lowest BCUT2D eigenvalue weighted by molar-refractivity contribution is 0.577. The van der Waals surface area contributed by atoms with Crippen molar-refractivity contribution in [3.05, 3.63) is 54.6 Å². The fourth-order valence-electron chi connectivity index (χ4n) is 1.79. The molecule has 1 atom stereocenters. The van der Waals surface area contributed by atoms with E-state index in [0.29, 0.717) is 6.04 Å². The van der Waals surface area contributed by atoms with Crippen LogP contribution in [-0.2, 0) is 6.54 Å². The monoisotopic (exact) mass is 387 g/mol. The van der Waals surface area contributed by atoms with Gasteiger partial charge in [-0.15, -0.1) is 11.3 Å². The molecule has 0 radical (unpaired) electrons. The number of nitrogens with one attached hydrogen (secondary N) is 1. The van der Waals surface area contributed by atoms with E-state index in [1.54, 1.807) is 0 Å². The standard InChI is InChI=1S/C14H15Br2NS/c1-9(12-5-3-4-6-13(12)15)17-8-11-7-14(16)10(2)18-11/h3-7,9,17H,8H2,1-2H3. The molecular formula is C14H15Br2NS. The summed E-state index contributed by atoms with van der Waals surface area (Å²) in [7, 11) is 0. The van der Waals surface area contributed by atoms with Crippen LogP contribution in [0.25, 0.3) is 0 Å². The molecule has 96 valence electrons. The number of aryl methyl sites for hydroxylation is 1. The van der Waals surface area contributed by atoms with Crippen molar-refractivity contribution in [3.8, 4) is 0 Å². The molecule has 0 saturated carbocycles. The predicted molar refractivity (Wildman–Crippen MR) is 86.2 cm³/mol. The Kier molecular flexibility index (Phi) is 5.01. The Morgan fingerprint density at radius 3 is 2.56 bits per heavy atom. The van der Waals surface area contributed by atoms with Gasteiger partial charge in [0.1, 0.15) is 0 Å². The first-order valence-corrected chi connectivity index (χ1v) is 8.21. The highest BCUT2D eigenvalue weighted by Gasteiger charge is 2.09. The summed E-state index contributed by atoms with van der Waals surface area (Å²) >= 11 is 8.98. The zero-order valence-electron chi connectivity index (χ0n) is 10.3. The van der Waals surface area contributed by atoms with Crippen molar-refractivity contribution >= 4 is 43.2 Å². The largest absolute Gasteiger partial charge is 0.305 e. The molecule has 0 aliphatic carbocycles. The maximum absolute atomic E-state index is 3.59. The summed E-state index contributed by atoms with van der Waals surface area (Å²) in [6, 6.07) is 10.9. The quantitative estimate of drug-likeness (QED) is 0.735. The van der Waals surface area contributed by atoms with E-state index in [2.05, 4.69) is 75.3 Å². The van der Waals surface area contributed by atoms with Crippen LogP contribution in [0.5, 0.6) is 0 Å². The molecule has 2 aromatic rings. The van der Waals surface area contributed by atoms with E-state index in [-0.39, 0.29) is 0 Å². The van der Waals surface area contributed by atoms with E-state index in [1.807, 2.05) is 17.4 Å². The molecule has 1 heterocycles. The maximum atomic E-state index is 3.59. The lowest BCUT2D eigenvalue weighted by Crippen LogP contribution is -2.17. The van der Waals surface area contributed by atoms with Crippen LogP contribution in [0.3, 0.4) is 0 Å². The molecule has 0 spiro atoms. The molecule has 1 nitrogen and oxygen atoms in total. The Bertz CT molecular complexity index is 517. The molecule has 0 aliphatic rings. The highest BCUT2D eigenvalue weighted by atomic mass is 79.9. The van der Waals surface area contributed by atoms with Crippen molar-refractivity contribution < 1.29 is 0 Å². The number of hydrogen-bond donors (Lipinski definition) is 1. The van der Waals surface area contributed by atoms with Gasteiger partial charge in [0.25, 0.3) is 0 Å². The first-order chi connectivity index (χ1) is 8.58. The molecule has 1 aromatic carbocycles. The Balaban J connectivity index is 2.00. The minimum Gasteiger partial charge on any atom is -0.305 e. The van der Waals surface area contributed by atoms with Gasteiger partial charge in [0.05, 0.1) is 0 Å². The second kappa shape index (κ2) is 6.33. The van der Waals surface area contributed by atoms with E-state index in [1.165, 1.54) is 19.8 Å². The van der Waals surface area contributed by atoms with Gasteiger partial charge in [0, 0.05) is 31.3 Å². The van der Waals surface area contributed by atoms with E-state index in [0.717, 1.165) is 11.0 Å². The fraction of sp³-hybridized carbons (Fsp3) is 0.286. The van der Waals surface area contributed by atoms with Gasteiger partial charge in [-0.2, -0.15) is 0 Å². The van der Waals surface area contributed by atoms with E-state index < -0.39 is 0 Å². The van der Waals surface area contributed by atoms with E-state index in [4.69, 9.17) is 0 Å². The normalized spacial score (nSPS) is 12.7. The number of benzene rings is 1. The molecule has 2 rings (SSSR count). The van der Waals surface area contributed by atoms with Crippen molar-refractivity contribution in [3.63, 3.8) is 0 Å². The average Bonchev–Trinajstić information content (AvgIpc) is 2.66. The number of thiophene rings is 1. The Morgan fingerprint density at radius 2 is 1.94 bits per heavy atom. The number of hydrogen-bond acceptors (Lipinski definition) is 2. The van der Waals surface area contributed by atoms with Crippen LogP contribution < -0.4 is 5.32 Å². The van der Waals surface area contributed by atoms with Crippen LogP contribution in [-0.4, -0.2) is 0 Å². The Labute approximate surface area is 129 Å². The first kappa shape index (κ1) is 14.3. The summed E-state index contributed by atoms with van der Waals surface area (Å²) in [5, 5.41) is 3.56. The van der Waals surface area contributed by atoms with Crippen molar-refractivity contribution in [1.82, 2.24) is 5.32 Å². The molecule has 1 unspecified atom stereocenters. The van der Waals surface area contributed by atoms with Crippen LogP contribution in [0.15, 0.2) is 39.3 Å². The average molecular weight is 389 g/mol. The second-order valence-electron chi connectivity index (χ2n) is 4.24. The first-order valence-electron chi connectivity index (χ1n) is 5.80. The third-order valence-corrected chi connectivity index (χ3v) is 5.72. The van der Waals surface area contributed by atoms with Crippen LogP contribution >= 0.6 is 43.2 Å². The van der Waals surface area contributed by atoms with Gasteiger partial charge in [0.2, 0.25) is 0 Å². The van der Waals surface area contributed by atoms with Gasteiger partial charge >= 0.3 is 0 Å². The van der Waals surface area contributed by atoms with Gasteiger partial charge in [0.15, 0.2) is 0 Å². The van der Waals surface area contributed by atoms with E-state index >= 15 is 0 Å². The molecule has 1 N–H and O–H groups in total. The topological polar surface area (TPSA) is 12.0 Å². The van der Waals surface area contributed by atoms with Gasteiger partial charge < -0.3 is 5.32 Å². The summed E-state index contributed by atoms with van der Waals surface area (Å²) in [6.45, 7) is 5.23. The fourth-order valence-corrected chi connectivity index (χ4v) is 3.98. The van der Waals surface area contributed by atoms with Crippen molar-refractivity contribution in [2.24, 2.45) is 0 Å². The molecule has 1 aromatic heterocycles. The minimum atomic E-state index is 0.335. The molecule has 0 bridgehead atoms. The predicted octanol–water partition coefficient (Wildman–Crippen LogP) is 5.43. The molecular weight excluding hydrogens is 374 g/mol. The highest BCUT2D eigenvalue weighted by molar-refractivity contribution is 9.10. The smallest absolute Gasteiger partial charge is 0.0314 e. The highest BCUT2D eigenvalue weighted by Crippen LogP contribution is 2.27. The van der Waals surface area contributed by atoms with Crippen molar-refractivity contribution in [2.75, 3.05) is 0 Å². The lowest BCUT2D eigenvalue weighted by Gasteiger charge is -2.15. The van der Waals surface area contributed by atoms with Crippen LogP contribution in [0, 0.1) is 6.92 Å². The summed E-state index contributed by atoms with van der Waals surface area (Å²) in [6.07, 6.45) is 0. The minimum absolute atomic E-state index is 0.335. The number of rotatable bonds is 4. The lowest BCUT2D eigenvalue weighted by atomic mass is 10.1. The summed E-state index contributed by atoms with van der Waals surface area (Å²) in [4.78, 5) is 2.69. The summed E-state index contributed by atoms with van der Waals surface area (Å²) in [5.41, 5.74) is 1.30. The van der Waals surface area contributed by atoms with Crippen LogP contribution in [0.4, 0.5) is 0 Å². The second-order valence-corrected chi connectivity index (χ2v) is 7.29. The van der Waals surface area contributed by atoms with Crippen LogP contribution in [0.2, 0.25) is 0 Å². The van der Waals surface area contributed by atoms with Gasteiger partial charge in [-0.05, 0) is 47.5 Å². The van der Waals surface area contributed by atoms with Gasteiger partial charge in [-0.1, -0.05) is 34.1 Å². The van der Waals surface area contributed by atoms with Gasteiger partial charge in [-0.25, -0.2) is 0 Å². The van der Waals surface area contributed by atoms with Crippen LogP contribution in [0.1, 0.15) is 28.3 Å². The maximum Gasteiger partial charge on any atom is 0.0314 e. The van der Waals surface area contributed by atoms with Crippen molar-refractivity contribution in [1.29, 1.82) is 0 Å². The Morgan fingerprint density at radius 1 is 1.22 bits per heavy atom. The molecule has 0 fully saturated rings. The third-order valence-electron chi connectivity index (χ3n) is 2.86. The molecule has 0 aliphatic heterocycles. The zero-order chi connectivity index (χ0) is 13.1. The zero-order valence-corrected chi connectivity index (χ0v) is 14.3. The molecule has 4 heteroatoms. The molecule has 18 heavy (non-hydrogen) atoms. The van der Waals surface area contributed by atoms with E-state index in [9.17, 15) is 0 Å².